The van der Waals surface area contributed by atoms with Crippen LogP contribution in [-0.4, -0.2) is 62.4 Å². The van der Waals surface area contributed by atoms with E-state index in [2.05, 4.69) is 4.98 Å². The number of aliphatic hydroxyl groups is 3. The molecule has 0 radical (unpaired) electrons. The number of carbonyl (C=O) groups excluding carboxylic acids is 1. The number of fused-ring (bicyclic) bond motifs is 3. The molecule has 2 aliphatic rings. The number of rotatable bonds is 6. The second-order valence-electron chi connectivity index (χ2n) is 8.64. The highest BCUT2D eigenvalue weighted by Gasteiger charge is 2.44. The first-order valence-corrected chi connectivity index (χ1v) is 11.2. The first kappa shape index (κ1) is 23.2. The van der Waals surface area contributed by atoms with Gasteiger partial charge in [-0.25, -0.2) is 4.79 Å². The molecule has 1 unspecified atom stereocenters. The molecule has 4 atom stereocenters. The quantitative estimate of drug-likeness (QED) is 0.361. The van der Waals surface area contributed by atoms with Crippen LogP contribution in [-0.2, 0) is 20.8 Å². The summed E-state index contributed by atoms with van der Waals surface area (Å²) in [5, 5.41) is 29.5. The zero-order chi connectivity index (χ0) is 24.7. The Balaban J connectivity index is 1.33. The van der Waals surface area contributed by atoms with Crippen LogP contribution >= 0.6 is 0 Å². The first-order valence-electron chi connectivity index (χ1n) is 11.2. The van der Waals surface area contributed by atoms with E-state index in [1.807, 2.05) is 48.5 Å². The molecule has 4 N–H and O–H groups in total. The van der Waals surface area contributed by atoms with E-state index in [4.69, 9.17) is 9.47 Å². The Bertz CT molecular complexity index is 1330. The molecule has 0 saturated carbocycles. The topological polar surface area (TPSA) is 151 Å². The van der Waals surface area contributed by atoms with E-state index in [0.717, 1.165) is 33.0 Å². The van der Waals surface area contributed by atoms with Crippen molar-refractivity contribution in [3.63, 3.8) is 0 Å². The molecular formula is C25H24N2O8. The molecule has 182 valence electrons. The number of carbonyl (C=O) groups is 1. The summed E-state index contributed by atoms with van der Waals surface area (Å²) in [5.74, 6) is -0.832. The van der Waals surface area contributed by atoms with Gasteiger partial charge in [0.05, 0.1) is 12.2 Å². The van der Waals surface area contributed by atoms with Gasteiger partial charge in [0.1, 0.15) is 37.6 Å². The van der Waals surface area contributed by atoms with Crippen molar-refractivity contribution in [2.75, 3.05) is 13.2 Å². The van der Waals surface area contributed by atoms with Crippen molar-refractivity contribution < 1.29 is 29.6 Å². The number of esters is 1. The summed E-state index contributed by atoms with van der Waals surface area (Å²) in [6.45, 7) is -0.966. The highest BCUT2D eigenvalue weighted by Crippen LogP contribution is 2.44. The average molecular weight is 480 g/mol. The highest BCUT2D eigenvalue weighted by molar-refractivity contribution is 5.79. The molecule has 1 aliphatic carbocycles. The van der Waals surface area contributed by atoms with Crippen molar-refractivity contribution in [1.29, 1.82) is 0 Å². The number of H-pyrrole nitrogens is 1. The summed E-state index contributed by atoms with van der Waals surface area (Å²) in [7, 11) is 0. The van der Waals surface area contributed by atoms with Gasteiger partial charge in [0.15, 0.2) is 0 Å². The van der Waals surface area contributed by atoms with Crippen molar-refractivity contribution in [3.8, 4) is 11.1 Å². The minimum Gasteiger partial charge on any atom is -0.463 e. The minimum absolute atomic E-state index is 0.0760. The average Bonchev–Trinajstić information content (AvgIpc) is 3.33. The molecule has 10 heteroatoms. The fraction of sp³-hybridized carbons (Fsp3) is 0.320. The third kappa shape index (κ3) is 4.10. The minimum atomic E-state index is -1.49. The summed E-state index contributed by atoms with van der Waals surface area (Å²) < 4.78 is 11.9. The van der Waals surface area contributed by atoms with Gasteiger partial charge in [0, 0.05) is 12.1 Å². The van der Waals surface area contributed by atoms with Gasteiger partial charge in [-0.2, -0.15) is 0 Å². The SMILES string of the molecule is O=C(Cn1cc([C@@H]2O[C@H](CO)[C@H](O)C2O)c(=O)[nH]c1=O)OCC1c2ccccc2-c2ccccc21. The molecule has 0 amide bonds. The number of aromatic nitrogens is 2. The van der Waals surface area contributed by atoms with Crippen LogP contribution in [0, 0.1) is 0 Å². The standard InChI is InChI=1S/C25H24N2O8/c28-11-19-21(30)22(31)23(35-19)17-9-27(25(33)26-24(17)32)10-20(29)34-12-18-15-7-3-1-5-13(15)14-6-2-4-8-16(14)18/h1-9,18-19,21-23,28,30-31H,10-12H2,(H,26,32,33)/t19-,21+,22?,23+/m1/s1. The van der Waals surface area contributed by atoms with Crippen LogP contribution in [0.15, 0.2) is 64.3 Å². The monoisotopic (exact) mass is 480 g/mol. The van der Waals surface area contributed by atoms with Crippen molar-refractivity contribution in [2.45, 2.75) is 36.9 Å². The van der Waals surface area contributed by atoms with E-state index in [0.29, 0.717) is 0 Å². The predicted molar refractivity (Wildman–Crippen MR) is 123 cm³/mol. The van der Waals surface area contributed by atoms with Crippen molar-refractivity contribution in [3.05, 3.63) is 92.3 Å². The smallest absolute Gasteiger partial charge is 0.328 e. The lowest BCUT2D eigenvalue weighted by molar-refractivity contribution is -0.144. The normalized spacial score (nSPS) is 23.2. The number of benzene rings is 2. The van der Waals surface area contributed by atoms with E-state index in [-0.39, 0.29) is 18.1 Å². The molecule has 2 aromatic carbocycles. The molecule has 10 nitrogen and oxygen atoms in total. The predicted octanol–water partition coefficient (Wildman–Crippen LogP) is 0.0463. The van der Waals surface area contributed by atoms with Crippen LogP contribution in [0.3, 0.4) is 0 Å². The Hall–Kier alpha value is -3.57. The Kier molecular flexibility index (Phi) is 6.12. The molecular weight excluding hydrogens is 456 g/mol. The van der Waals surface area contributed by atoms with Gasteiger partial charge in [-0.15, -0.1) is 0 Å². The van der Waals surface area contributed by atoms with E-state index in [1.165, 1.54) is 0 Å². The fourth-order valence-electron chi connectivity index (χ4n) is 4.80. The van der Waals surface area contributed by atoms with Crippen LogP contribution in [0.1, 0.15) is 28.7 Å². The third-order valence-electron chi connectivity index (χ3n) is 6.56. The zero-order valence-electron chi connectivity index (χ0n) is 18.5. The zero-order valence-corrected chi connectivity index (χ0v) is 18.5. The lowest BCUT2D eigenvalue weighted by atomic mass is 9.98. The number of nitrogens with one attached hydrogen (secondary N) is 1. The van der Waals surface area contributed by atoms with Crippen LogP contribution in [0.5, 0.6) is 0 Å². The Morgan fingerprint density at radius 3 is 2.20 bits per heavy atom. The van der Waals surface area contributed by atoms with Crippen LogP contribution in [0.4, 0.5) is 0 Å². The van der Waals surface area contributed by atoms with Gasteiger partial charge >= 0.3 is 11.7 Å². The summed E-state index contributed by atoms with van der Waals surface area (Å²) >= 11 is 0. The molecule has 0 spiro atoms. The molecule has 1 aliphatic heterocycles. The largest absolute Gasteiger partial charge is 0.463 e. The van der Waals surface area contributed by atoms with Gasteiger partial charge < -0.3 is 24.8 Å². The van der Waals surface area contributed by atoms with Gasteiger partial charge in [-0.05, 0) is 22.3 Å². The third-order valence-corrected chi connectivity index (χ3v) is 6.56. The maximum Gasteiger partial charge on any atom is 0.328 e. The number of nitrogens with zero attached hydrogens (tertiary/aromatic N) is 1. The van der Waals surface area contributed by atoms with Crippen molar-refractivity contribution >= 4 is 5.97 Å². The molecule has 2 heterocycles. The van der Waals surface area contributed by atoms with Gasteiger partial charge in [0.2, 0.25) is 0 Å². The van der Waals surface area contributed by atoms with Crippen LogP contribution < -0.4 is 11.2 Å². The Labute approximate surface area is 199 Å². The van der Waals surface area contributed by atoms with Crippen LogP contribution in [0.2, 0.25) is 0 Å². The first-order chi connectivity index (χ1) is 16.9. The van der Waals surface area contributed by atoms with Crippen molar-refractivity contribution in [1.82, 2.24) is 9.55 Å². The van der Waals surface area contributed by atoms with E-state index < -0.39 is 54.8 Å². The Morgan fingerprint density at radius 1 is 0.971 bits per heavy atom. The molecule has 1 saturated heterocycles. The summed E-state index contributed by atoms with van der Waals surface area (Å²) in [5.41, 5.74) is 2.46. The van der Waals surface area contributed by atoms with E-state index in [1.54, 1.807) is 0 Å². The maximum atomic E-state index is 12.7. The van der Waals surface area contributed by atoms with Crippen molar-refractivity contribution in [2.24, 2.45) is 0 Å². The molecule has 35 heavy (non-hydrogen) atoms. The van der Waals surface area contributed by atoms with Gasteiger partial charge in [-0.1, -0.05) is 48.5 Å². The molecule has 5 rings (SSSR count). The lowest BCUT2D eigenvalue weighted by Gasteiger charge is -2.16. The molecule has 0 bridgehead atoms. The lowest BCUT2D eigenvalue weighted by Crippen LogP contribution is -2.37. The van der Waals surface area contributed by atoms with E-state index >= 15 is 0 Å². The van der Waals surface area contributed by atoms with Crippen LogP contribution in [0.25, 0.3) is 11.1 Å². The van der Waals surface area contributed by atoms with E-state index in [9.17, 15) is 29.7 Å². The maximum absolute atomic E-state index is 12.7. The number of hydrogen-bond donors (Lipinski definition) is 4. The second kappa shape index (κ2) is 9.23. The fourth-order valence-corrected chi connectivity index (χ4v) is 4.80. The molecule has 1 aromatic heterocycles. The highest BCUT2D eigenvalue weighted by atomic mass is 16.6. The summed E-state index contributed by atoms with van der Waals surface area (Å²) in [6, 6.07) is 15.8. The molecule has 1 fully saturated rings. The summed E-state index contributed by atoms with van der Waals surface area (Å²) in [4.78, 5) is 39.4. The molecule has 3 aromatic rings. The number of aromatic amines is 1. The van der Waals surface area contributed by atoms with Gasteiger partial charge in [-0.3, -0.25) is 19.1 Å². The Morgan fingerprint density at radius 2 is 1.60 bits per heavy atom. The second-order valence-corrected chi connectivity index (χ2v) is 8.64. The number of aliphatic hydroxyl groups excluding tert-OH is 3. The number of hydrogen-bond acceptors (Lipinski definition) is 8. The summed E-state index contributed by atoms with van der Waals surface area (Å²) in [6.07, 6.45) is -4.17. The number of ether oxygens (including phenoxy) is 2. The van der Waals surface area contributed by atoms with Gasteiger partial charge in [0.25, 0.3) is 5.56 Å².